The van der Waals surface area contributed by atoms with Gasteiger partial charge >= 0.3 is 0 Å². The molecule has 86 valence electrons. The lowest BCUT2D eigenvalue weighted by Gasteiger charge is -2.20. The Morgan fingerprint density at radius 3 is 2.50 bits per heavy atom. The lowest BCUT2D eigenvalue weighted by Crippen LogP contribution is -2.31. The quantitative estimate of drug-likeness (QED) is 0.571. The Morgan fingerprint density at radius 2 is 2.00 bits per heavy atom. The van der Waals surface area contributed by atoms with Crippen molar-refractivity contribution in [1.82, 2.24) is 10.2 Å². The van der Waals surface area contributed by atoms with Gasteiger partial charge in [-0.2, -0.15) is 0 Å². The lowest BCUT2D eigenvalue weighted by atomic mass is 10.3. The number of likely N-dealkylation sites (N-methyl/N-ethyl adjacent to an activating group) is 1. The fourth-order valence-electron chi connectivity index (χ4n) is 1.34. The van der Waals surface area contributed by atoms with Crippen LogP contribution in [0.5, 0.6) is 0 Å². The summed E-state index contributed by atoms with van der Waals surface area (Å²) in [5.41, 5.74) is 0. The van der Waals surface area contributed by atoms with Crippen molar-refractivity contribution in [3.63, 3.8) is 0 Å². The topological polar surface area (TPSA) is 24.5 Å². The molecule has 1 N–H and O–H groups in total. The van der Waals surface area contributed by atoms with Crippen LogP contribution >= 0.6 is 0 Å². The third-order valence-corrected chi connectivity index (χ3v) is 2.26. The van der Waals surface area contributed by atoms with Gasteiger partial charge in [-0.1, -0.05) is 20.8 Å². The zero-order valence-electron chi connectivity index (χ0n) is 10.2. The summed E-state index contributed by atoms with van der Waals surface area (Å²) in [5, 5.41) is 3.42. The van der Waals surface area contributed by atoms with E-state index in [2.05, 4.69) is 31.0 Å². The fraction of sp³-hybridized carbons (Fsp3) is 1.00. The van der Waals surface area contributed by atoms with E-state index >= 15 is 0 Å². The van der Waals surface area contributed by atoms with Crippen molar-refractivity contribution in [3.05, 3.63) is 0 Å². The third kappa shape index (κ3) is 8.48. The zero-order valence-corrected chi connectivity index (χ0v) is 10.2. The number of hydrogen-bond donors (Lipinski definition) is 1. The van der Waals surface area contributed by atoms with Crippen molar-refractivity contribution in [2.45, 2.75) is 33.2 Å². The van der Waals surface area contributed by atoms with Gasteiger partial charge in [0.05, 0.1) is 6.61 Å². The van der Waals surface area contributed by atoms with E-state index in [0.717, 1.165) is 26.2 Å². The normalized spacial score (nSPS) is 11.6. The molecule has 0 aliphatic rings. The Bertz CT molecular complexity index is 118. The van der Waals surface area contributed by atoms with Crippen LogP contribution in [0.4, 0.5) is 0 Å². The molecule has 0 bridgehead atoms. The van der Waals surface area contributed by atoms with Crippen LogP contribution in [0.15, 0.2) is 0 Å². The minimum absolute atomic E-state index is 0.601. The predicted molar refractivity (Wildman–Crippen MR) is 61.7 cm³/mol. The van der Waals surface area contributed by atoms with Gasteiger partial charge in [0, 0.05) is 19.7 Å². The highest BCUT2D eigenvalue weighted by Gasteiger charge is 2.01. The Kier molecular flexibility index (Phi) is 9.35. The molecule has 0 atom stereocenters. The van der Waals surface area contributed by atoms with E-state index in [1.165, 1.54) is 13.0 Å². The monoisotopic (exact) mass is 202 g/mol. The second kappa shape index (κ2) is 9.44. The van der Waals surface area contributed by atoms with Gasteiger partial charge in [0.1, 0.15) is 0 Å². The second-order valence-electron chi connectivity index (χ2n) is 3.89. The summed E-state index contributed by atoms with van der Waals surface area (Å²) in [7, 11) is 1.76. The maximum Gasteiger partial charge on any atom is 0.0589 e. The van der Waals surface area contributed by atoms with Gasteiger partial charge in [0.25, 0.3) is 0 Å². The van der Waals surface area contributed by atoms with E-state index in [1.807, 2.05) is 0 Å². The van der Waals surface area contributed by atoms with Gasteiger partial charge in [0.15, 0.2) is 0 Å². The van der Waals surface area contributed by atoms with Crippen LogP contribution in [-0.4, -0.2) is 50.8 Å². The Balaban J connectivity index is 3.33. The molecule has 0 aromatic carbocycles. The highest BCUT2D eigenvalue weighted by Crippen LogP contribution is 1.91. The molecule has 3 nitrogen and oxygen atoms in total. The van der Waals surface area contributed by atoms with Gasteiger partial charge < -0.3 is 15.0 Å². The van der Waals surface area contributed by atoms with Crippen LogP contribution in [0.1, 0.15) is 27.2 Å². The summed E-state index contributed by atoms with van der Waals surface area (Å²) in [6.45, 7) is 11.8. The van der Waals surface area contributed by atoms with Crippen molar-refractivity contribution in [2.75, 3.05) is 39.9 Å². The lowest BCUT2D eigenvalue weighted by molar-refractivity contribution is 0.150. The Morgan fingerprint density at radius 1 is 1.29 bits per heavy atom. The number of methoxy groups -OCH3 is 1. The molecule has 0 aliphatic heterocycles. The van der Waals surface area contributed by atoms with Gasteiger partial charge in [-0.15, -0.1) is 0 Å². The minimum atomic E-state index is 0.601. The Labute approximate surface area is 88.8 Å². The first kappa shape index (κ1) is 13.9. The summed E-state index contributed by atoms with van der Waals surface area (Å²) in [6, 6.07) is 0.601. The molecule has 0 aromatic rings. The molecule has 0 heterocycles. The number of rotatable bonds is 9. The summed E-state index contributed by atoms with van der Waals surface area (Å²) >= 11 is 0. The van der Waals surface area contributed by atoms with E-state index < -0.39 is 0 Å². The van der Waals surface area contributed by atoms with Crippen LogP contribution in [0.2, 0.25) is 0 Å². The highest BCUT2D eigenvalue weighted by atomic mass is 16.5. The summed E-state index contributed by atoms with van der Waals surface area (Å²) in [4.78, 5) is 2.42. The molecule has 14 heavy (non-hydrogen) atoms. The molecule has 0 saturated heterocycles. The SMILES string of the molecule is CCN(CCCNC(C)C)CCOC. The van der Waals surface area contributed by atoms with Crippen molar-refractivity contribution >= 4 is 0 Å². The first-order chi connectivity index (χ1) is 6.70. The molecule has 0 aliphatic carbocycles. The van der Waals surface area contributed by atoms with Crippen LogP contribution in [-0.2, 0) is 4.74 Å². The smallest absolute Gasteiger partial charge is 0.0589 e. The number of hydrogen-bond acceptors (Lipinski definition) is 3. The molecule has 0 amide bonds. The van der Waals surface area contributed by atoms with E-state index in [0.29, 0.717) is 6.04 Å². The van der Waals surface area contributed by atoms with Crippen molar-refractivity contribution in [2.24, 2.45) is 0 Å². The third-order valence-electron chi connectivity index (χ3n) is 2.26. The minimum Gasteiger partial charge on any atom is -0.383 e. The summed E-state index contributed by atoms with van der Waals surface area (Å²) in [5.74, 6) is 0. The van der Waals surface area contributed by atoms with E-state index in [1.54, 1.807) is 7.11 Å². The maximum atomic E-state index is 5.06. The molecule has 0 saturated carbocycles. The fourth-order valence-corrected chi connectivity index (χ4v) is 1.34. The van der Waals surface area contributed by atoms with Gasteiger partial charge in [0.2, 0.25) is 0 Å². The van der Waals surface area contributed by atoms with E-state index in [9.17, 15) is 0 Å². The molecular weight excluding hydrogens is 176 g/mol. The van der Waals surface area contributed by atoms with Crippen LogP contribution in [0.25, 0.3) is 0 Å². The van der Waals surface area contributed by atoms with Crippen molar-refractivity contribution in [3.8, 4) is 0 Å². The molecule has 0 fully saturated rings. The van der Waals surface area contributed by atoms with E-state index in [4.69, 9.17) is 4.74 Å². The molecule has 0 spiro atoms. The first-order valence-corrected chi connectivity index (χ1v) is 5.65. The average molecular weight is 202 g/mol. The molecule has 0 unspecified atom stereocenters. The summed E-state index contributed by atoms with van der Waals surface area (Å²) < 4.78 is 5.06. The standard InChI is InChI=1S/C11H26N2O/c1-5-13(9-10-14-4)8-6-7-12-11(2)3/h11-12H,5-10H2,1-4H3. The number of nitrogens with one attached hydrogen (secondary N) is 1. The first-order valence-electron chi connectivity index (χ1n) is 5.65. The number of ether oxygens (including phenoxy) is 1. The number of nitrogens with zero attached hydrogens (tertiary/aromatic N) is 1. The van der Waals surface area contributed by atoms with Gasteiger partial charge in [-0.05, 0) is 26.1 Å². The molecule has 3 heteroatoms. The molecule has 0 rings (SSSR count). The van der Waals surface area contributed by atoms with Crippen LogP contribution in [0, 0.1) is 0 Å². The van der Waals surface area contributed by atoms with Crippen molar-refractivity contribution in [1.29, 1.82) is 0 Å². The van der Waals surface area contributed by atoms with Crippen LogP contribution < -0.4 is 5.32 Å². The van der Waals surface area contributed by atoms with E-state index in [-0.39, 0.29) is 0 Å². The second-order valence-corrected chi connectivity index (χ2v) is 3.89. The predicted octanol–water partition coefficient (Wildman–Crippen LogP) is 1.34. The van der Waals surface area contributed by atoms with Gasteiger partial charge in [-0.25, -0.2) is 0 Å². The molecule has 0 radical (unpaired) electrons. The highest BCUT2D eigenvalue weighted by molar-refractivity contribution is 4.58. The van der Waals surface area contributed by atoms with Gasteiger partial charge in [-0.3, -0.25) is 0 Å². The zero-order chi connectivity index (χ0) is 10.8. The molecular formula is C11H26N2O. The Hall–Kier alpha value is -0.120. The largest absolute Gasteiger partial charge is 0.383 e. The maximum absolute atomic E-state index is 5.06. The summed E-state index contributed by atoms with van der Waals surface area (Å²) in [6.07, 6.45) is 1.22. The average Bonchev–Trinajstić information content (AvgIpc) is 2.16. The molecule has 0 aromatic heterocycles. The van der Waals surface area contributed by atoms with Crippen LogP contribution in [0.3, 0.4) is 0 Å². The van der Waals surface area contributed by atoms with Crippen molar-refractivity contribution < 1.29 is 4.74 Å².